The molecular formula is C15H23N3O2S. The van der Waals surface area contributed by atoms with Gasteiger partial charge >= 0.3 is 0 Å². The molecule has 3 N–H and O–H groups in total. The molecule has 21 heavy (non-hydrogen) atoms. The second-order valence-corrected chi connectivity index (χ2v) is 7.34. The summed E-state index contributed by atoms with van der Waals surface area (Å²) in [5, 5.41) is 4.02. The lowest BCUT2D eigenvalue weighted by atomic mass is 10.2. The average Bonchev–Trinajstić information content (AvgIpc) is 2.39. The highest BCUT2D eigenvalue weighted by Crippen LogP contribution is 2.27. The van der Waals surface area contributed by atoms with Crippen LogP contribution in [0.4, 0.5) is 11.4 Å². The Morgan fingerprint density at radius 1 is 1.43 bits per heavy atom. The number of thioether (sulfide) groups is 1. The van der Waals surface area contributed by atoms with Crippen molar-refractivity contribution in [2.75, 3.05) is 37.8 Å². The largest absolute Gasteiger partial charge is 0.494 e. The maximum atomic E-state index is 12.2. The van der Waals surface area contributed by atoms with Crippen molar-refractivity contribution >= 4 is 29.0 Å². The fourth-order valence-electron chi connectivity index (χ4n) is 2.62. The van der Waals surface area contributed by atoms with Crippen LogP contribution in [0.3, 0.4) is 0 Å². The van der Waals surface area contributed by atoms with Gasteiger partial charge in [-0.05, 0) is 12.1 Å². The van der Waals surface area contributed by atoms with Gasteiger partial charge in [-0.3, -0.25) is 9.69 Å². The third-order valence-corrected chi connectivity index (χ3v) is 4.59. The smallest absolute Gasteiger partial charge is 0.238 e. The SMILES string of the molecule is COc1cc(N)ccc1NC(=O)CN1CC(C)SC(C)C1. The van der Waals surface area contributed by atoms with Crippen LogP contribution in [0.25, 0.3) is 0 Å². The number of nitrogens with one attached hydrogen (secondary N) is 1. The minimum absolute atomic E-state index is 0.0237. The molecule has 0 saturated carbocycles. The number of benzene rings is 1. The van der Waals surface area contributed by atoms with E-state index in [2.05, 4.69) is 24.1 Å². The molecule has 2 atom stereocenters. The molecule has 0 aliphatic carbocycles. The fraction of sp³-hybridized carbons (Fsp3) is 0.533. The fourth-order valence-corrected chi connectivity index (χ4v) is 4.00. The van der Waals surface area contributed by atoms with Crippen LogP contribution in [0.5, 0.6) is 5.75 Å². The Morgan fingerprint density at radius 3 is 2.71 bits per heavy atom. The Bertz CT molecular complexity index is 500. The van der Waals surface area contributed by atoms with E-state index in [1.165, 1.54) is 0 Å². The van der Waals surface area contributed by atoms with Gasteiger partial charge in [0.25, 0.3) is 0 Å². The maximum Gasteiger partial charge on any atom is 0.238 e. The van der Waals surface area contributed by atoms with Crippen molar-refractivity contribution in [2.24, 2.45) is 0 Å². The Kier molecular flexibility index (Phi) is 5.36. The van der Waals surface area contributed by atoms with Crippen LogP contribution in [0.2, 0.25) is 0 Å². The standard InChI is InChI=1S/C15H23N3O2S/c1-10-7-18(8-11(2)21-10)9-15(19)17-13-5-4-12(16)6-14(13)20-3/h4-6,10-11H,7-9,16H2,1-3H3,(H,17,19). The number of anilines is 2. The summed E-state index contributed by atoms with van der Waals surface area (Å²) in [6, 6.07) is 5.22. The quantitative estimate of drug-likeness (QED) is 0.833. The van der Waals surface area contributed by atoms with Crippen LogP contribution in [0.15, 0.2) is 18.2 Å². The summed E-state index contributed by atoms with van der Waals surface area (Å²) in [6.45, 7) is 6.70. The van der Waals surface area contributed by atoms with E-state index < -0.39 is 0 Å². The van der Waals surface area contributed by atoms with Gasteiger partial charge in [0.2, 0.25) is 5.91 Å². The van der Waals surface area contributed by atoms with E-state index in [1.807, 2.05) is 11.8 Å². The van der Waals surface area contributed by atoms with Crippen LogP contribution in [0, 0.1) is 0 Å². The highest BCUT2D eigenvalue weighted by molar-refractivity contribution is 8.00. The van der Waals surface area contributed by atoms with E-state index in [9.17, 15) is 4.79 Å². The summed E-state index contributed by atoms with van der Waals surface area (Å²) in [5.74, 6) is 0.559. The normalized spacial score (nSPS) is 22.8. The second kappa shape index (κ2) is 7.04. The number of nitrogens with two attached hydrogens (primary N) is 1. The first-order valence-corrected chi connectivity index (χ1v) is 8.03. The van der Waals surface area contributed by atoms with Crippen LogP contribution >= 0.6 is 11.8 Å². The summed E-state index contributed by atoms with van der Waals surface area (Å²) in [5.41, 5.74) is 6.98. The molecule has 1 aliphatic rings. The number of methoxy groups -OCH3 is 1. The first-order chi connectivity index (χ1) is 9.97. The molecule has 1 aromatic carbocycles. The first kappa shape index (κ1) is 16.0. The van der Waals surface area contributed by atoms with Crippen molar-refractivity contribution in [2.45, 2.75) is 24.3 Å². The molecule has 0 spiro atoms. The van der Waals surface area contributed by atoms with Crippen molar-refractivity contribution in [1.29, 1.82) is 0 Å². The molecule has 0 aromatic heterocycles. The number of carbonyl (C=O) groups excluding carboxylic acids is 1. The zero-order chi connectivity index (χ0) is 15.4. The van der Waals surface area contributed by atoms with Gasteiger partial charge in [0, 0.05) is 35.3 Å². The molecule has 1 aliphatic heterocycles. The summed E-state index contributed by atoms with van der Waals surface area (Å²) >= 11 is 1.98. The zero-order valence-corrected chi connectivity index (χ0v) is 13.6. The predicted octanol–water partition coefficient (Wildman–Crippen LogP) is 2.04. The lowest BCUT2D eigenvalue weighted by Crippen LogP contribution is -2.44. The molecule has 6 heteroatoms. The molecule has 1 amide bonds. The molecular weight excluding hydrogens is 286 g/mol. The molecule has 1 fully saturated rings. The van der Waals surface area contributed by atoms with Crippen molar-refractivity contribution in [3.05, 3.63) is 18.2 Å². The molecule has 5 nitrogen and oxygen atoms in total. The van der Waals surface area contributed by atoms with E-state index in [4.69, 9.17) is 10.5 Å². The molecule has 1 saturated heterocycles. The predicted molar refractivity (Wildman–Crippen MR) is 89.0 cm³/mol. The Balaban J connectivity index is 1.95. The zero-order valence-electron chi connectivity index (χ0n) is 12.8. The second-order valence-electron chi connectivity index (χ2n) is 5.46. The molecule has 0 radical (unpaired) electrons. The number of hydrogen-bond donors (Lipinski definition) is 2. The summed E-state index contributed by atoms with van der Waals surface area (Å²) in [6.07, 6.45) is 0. The van der Waals surface area contributed by atoms with E-state index in [-0.39, 0.29) is 5.91 Å². The number of ether oxygens (including phenoxy) is 1. The van der Waals surface area contributed by atoms with Crippen LogP contribution in [0.1, 0.15) is 13.8 Å². The lowest BCUT2D eigenvalue weighted by molar-refractivity contribution is -0.117. The third-order valence-electron chi connectivity index (χ3n) is 3.36. The van der Waals surface area contributed by atoms with E-state index in [0.29, 0.717) is 34.2 Å². The van der Waals surface area contributed by atoms with Crippen molar-refractivity contribution < 1.29 is 9.53 Å². The Morgan fingerprint density at radius 2 is 2.10 bits per heavy atom. The number of hydrogen-bond acceptors (Lipinski definition) is 5. The van der Waals surface area contributed by atoms with Crippen LogP contribution in [-0.4, -0.2) is 48.1 Å². The van der Waals surface area contributed by atoms with Gasteiger partial charge in [0.1, 0.15) is 5.75 Å². The van der Waals surface area contributed by atoms with E-state index in [1.54, 1.807) is 25.3 Å². The van der Waals surface area contributed by atoms with Gasteiger partial charge in [-0.2, -0.15) is 11.8 Å². The van der Waals surface area contributed by atoms with Gasteiger partial charge in [-0.15, -0.1) is 0 Å². The minimum atomic E-state index is -0.0237. The molecule has 1 heterocycles. The monoisotopic (exact) mass is 309 g/mol. The number of rotatable bonds is 4. The van der Waals surface area contributed by atoms with Crippen molar-refractivity contribution in [1.82, 2.24) is 4.90 Å². The topological polar surface area (TPSA) is 67.6 Å². The summed E-state index contributed by atoms with van der Waals surface area (Å²) < 4.78 is 5.24. The van der Waals surface area contributed by atoms with Gasteiger partial charge in [-0.25, -0.2) is 0 Å². The first-order valence-electron chi connectivity index (χ1n) is 7.09. The molecule has 0 bridgehead atoms. The third kappa shape index (κ3) is 4.54. The number of amides is 1. The summed E-state index contributed by atoms with van der Waals surface area (Å²) in [7, 11) is 1.57. The average molecular weight is 309 g/mol. The van der Waals surface area contributed by atoms with E-state index in [0.717, 1.165) is 13.1 Å². The highest BCUT2D eigenvalue weighted by atomic mass is 32.2. The Labute approximate surface area is 130 Å². The minimum Gasteiger partial charge on any atom is -0.494 e. The highest BCUT2D eigenvalue weighted by Gasteiger charge is 2.23. The maximum absolute atomic E-state index is 12.2. The molecule has 2 rings (SSSR count). The molecule has 116 valence electrons. The van der Waals surface area contributed by atoms with Crippen LogP contribution in [-0.2, 0) is 4.79 Å². The summed E-state index contributed by atoms with van der Waals surface area (Å²) in [4.78, 5) is 14.4. The Hall–Kier alpha value is -1.40. The van der Waals surface area contributed by atoms with Gasteiger partial charge < -0.3 is 15.8 Å². The van der Waals surface area contributed by atoms with Crippen molar-refractivity contribution in [3.8, 4) is 5.75 Å². The number of nitrogens with zero attached hydrogens (tertiary/aromatic N) is 1. The molecule has 1 aromatic rings. The molecule has 2 unspecified atom stereocenters. The van der Waals surface area contributed by atoms with Gasteiger partial charge in [-0.1, -0.05) is 13.8 Å². The van der Waals surface area contributed by atoms with E-state index >= 15 is 0 Å². The lowest BCUT2D eigenvalue weighted by Gasteiger charge is -2.34. The van der Waals surface area contributed by atoms with Gasteiger partial charge in [0.05, 0.1) is 19.3 Å². The van der Waals surface area contributed by atoms with Gasteiger partial charge in [0.15, 0.2) is 0 Å². The van der Waals surface area contributed by atoms with Crippen molar-refractivity contribution in [3.63, 3.8) is 0 Å². The number of nitrogen functional groups attached to an aromatic ring is 1. The number of carbonyl (C=O) groups is 1. The van der Waals surface area contributed by atoms with Crippen LogP contribution < -0.4 is 15.8 Å².